The van der Waals surface area contributed by atoms with Gasteiger partial charge in [0.1, 0.15) is 5.82 Å². The molecule has 2 atom stereocenters. The molecule has 5 heteroatoms. The molecular formula is C12H23N5. The van der Waals surface area contributed by atoms with Crippen LogP contribution in [0.15, 0.2) is 6.20 Å². The van der Waals surface area contributed by atoms with Crippen LogP contribution in [0.1, 0.15) is 33.1 Å². The first-order chi connectivity index (χ1) is 8.30. The van der Waals surface area contributed by atoms with Gasteiger partial charge in [-0.05, 0) is 25.7 Å². The Balaban J connectivity index is 2.15. The van der Waals surface area contributed by atoms with Gasteiger partial charge in [-0.2, -0.15) is 0 Å². The number of rotatable bonds is 4. The summed E-state index contributed by atoms with van der Waals surface area (Å²) in [5.41, 5.74) is 5.92. The maximum Gasteiger partial charge on any atom is 0.147 e. The fourth-order valence-electron chi connectivity index (χ4n) is 2.73. The van der Waals surface area contributed by atoms with Crippen LogP contribution >= 0.6 is 0 Å². The first-order valence-electron chi connectivity index (χ1n) is 6.65. The first-order valence-corrected chi connectivity index (χ1v) is 6.65. The van der Waals surface area contributed by atoms with E-state index in [0.717, 1.165) is 24.8 Å². The van der Waals surface area contributed by atoms with Gasteiger partial charge < -0.3 is 10.6 Å². The third-order valence-electron chi connectivity index (χ3n) is 3.86. The number of hydrogen-bond donors (Lipinski definition) is 1. The molecule has 2 rings (SSSR count). The van der Waals surface area contributed by atoms with Crippen LogP contribution in [0.25, 0.3) is 0 Å². The van der Waals surface area contributed by atoms with Gasteiger partial charge in [-0.25, -0.2) is 4.68 Å². The maximum absolute atomic E-state index is 5.92. The highest BCUT2D eigenvalue weighted by Gasteiger charge is 2.28. The smallest absolute Gasteiger partial charge is 0.147 e. The second-order valence-electron chi connectivity index (χ2n) is 4.79. The molecule has 1 fully saturated rings. The van der Waals surface area contributed by atoms with Gasteiger partial charge in [0.2, 0.25) is 0 Å². The van der Waals surface area contributed by atoms with E-state index in [1.165, 1.54) is 19.3 Å². The Morgan fingerprint density at radius 2 is 2.29 bits per heavy atom. The standard InChI is InChI=1S/C12H23N5/c1-3-10-5-6-16(11(7-10)8-13)12-9-14-15-17(12)4-2/h9-11H,3-8,13H2,1-2H3. The van der Waals surface area contributed by atoms with Crippen LogP contribution in [0, 0.1) is 5.92 Å². The molecule has 0 bridgehead atoms. The van der Waals surface area contributed by atoms with Gasteiger partial charge in [0, 0.05) is 25.7 Å². The van der Waals surface area contributed by atoms with Crippen LogP contribution in [0.5, 0.6) is 0 Å². The minimum absolute atomic E-state index is 0.442. The Morgan fingerprint density at radius 3 is 2.94 bits per heavy atom. The molecule has 1 aliphatic rings. The minimum atomic E-state index is 0.442. The summed E-state index contributed by atoms with van der Waals surface area (Å²) < 4.78 is 1.95. The van der Waals surface area contributed by atoms with Crippen molar-refractivity contribution in [3.63, 3.8) is 0 Å². The molecular weight excluding hydrogens is 214 g/mol. The van der Waals surface area contributed by atoms with Crippen LogP contribution in [0.2, 0.25) is 0 Å². The third kappa shape index (κ3) is 2.44. The summed E-state index contributed by atoms with van der Waals surface area (Å²) in [5, 5.41) is 8.11. The van der Waals surface area contributed by atoms with E-state index in [0.29, 0.717) is 12.6 Å². The quantitative estimate of drug-likeness (QED) is 0.856. The van der Waals surface area contributed by atoms with E-state index in [2.05, 4.69) is 29.1 Å². The van der Waals surface area contributed by atoms with E-state index in [4.69, 9.17) is 5.73 Å². The molecule has 5 nitrogen and oxygen atoms in total. The SMILES string of the molecule is CCC1CCN(c2cnnn2CC)C(CN)C1. The average molecular weight is 237 g/mol. The van der Waals surface area contributed by atoms with E-state index in [1.54, 1.807) is 0 Å². The van der Waals surface area contributed by atoms with E-state index in [-0.39, 0.29) is 0 Å². The largest absolute Gasteiger partial charge is 0.351 e. The van der Waals surface area contributed by atoms with E-state index in [1.807, 2.05) is 10.9 Å². The molecule has 2 unspecified atom stereocenters. The van der Waals surface area contributed by atoms with Gasteiger partial charge in [-0.15, -0.1) is 5.10 Å². The van der Waals surface area contributed by atoms with Crippen molar-refractivity contribution in [3.8, 4) is 0 Å². The Morgan fingerprint density at radius 1 is 1.47 bits per heavy atom. The van der Waals surface area contributed by atoms with Gasteiger partial charge in [-0.1, -0.05) is 18.6 Å². The molecule has 1 aromatic heterocycles. The van der Waals surface area contributed by atoms with Crippen LogP contribution in [0.4, 0.5) is 5.82 Å². The van der Waals surface area contributed by atoms with Crippen LogP contribution in [-0.4, -0.2) is 34.1 Å². The highest BCUT2D eigenvalue weighted by atomic mass is 15.5. The Hall–Kier alpha value is -1.10. The molecule has 2 N–H and O–H groups in total. The topological polar surface area (TPSA) is 60.0 Å². The molecule has 1 aromatic rings. The lowest BCUT2D eigenvalue weighted by Crippen LogP contribution is -2.47. The van der Waals surface area contributed by atoms with Crippen LogP contribution in [0.3, 0.4) is 0 Å². The normalized spacial score (nSPS) is 25.2. The summed E-state index contributed by atoms with van der Waals surface area (Å²) >= 11 is 0. The monoisotopic (exact) mass is 237 g/mol. The number of aromatic nitrogens is 3. The van der Waals surface area contributed by atoms with Crippen molar-refractivity contribution in [1.29, 1.82) is 0 Å². The van der Waals surface area contributed by atoms with Gasteiger partial charge in [0.25, 0.3) is 0 Å². The summed E-state index contributed by atoms with van der Waals surface area (Å²) in [6.45, 7) is 7.01. The Bertz CT molecular complexity index is 348. The van der Waals surface area contributed by atoms with Gasteiger partial charge in [0.05, 0.1) is 6.20 Å². The molecule has 0 amide bonds. The molecule has 0 aromatic carbocycles. The fourth-order valence-corrected chi connectivity index (χ4v) is 2.73. The summed E-state index contributed by atoms with van der Waals surface area (Å²) in [5.74, 6) is 1.95. The van der Waals surface area contributed by atoms with Crippen LogP contribution in [-0.2, 0) is 6.54 Å². The molecule has 2 heterocycles. The molecule has 1 saturated heterocycles. The number of hydrogen-bond acceptors (Lipinski definition) is 4. The summed E-state index contributed by atoms with van der Waals surface area (Å²) in [6, 6.07) is 0.442. The van der Waals surface area contributed by atoms with E-state index < -0.39 is 0 Å². The second-order valence-corrected chi connectivity index (χ2v) is 4.79. The maximum atomic E-state index is 5.92. The zero-order valence-electron chi connectivity index (χ0n) is 10.8. The third-order valence-corrected chi connectivity index (χ3v) is 3.86. The first kappa shape index (κ1) is 12.4. The molecule has 0 spiro atoms. The van der Waals surface area contributed by atoms with Crippen molar-refractivity contribution < 1.29 is 0 Å². The zero-order valence-corrected chi connectivity index (χ0v) is 10.8. The fraction of sp³-hybridized carbons (Fsp3) is 0.833. The lowest BCUT2D eigenvalue weighted by atomic mass is 9.89. The summed E-state index contributed by atoms with van der Waals surface area (Å²) in [6.07, 6.45) is 5.57. The number of piperidine rings is 1. The van der Waals surface area contributed by atoms with Crippen LogP contribution < -0.4 is 10.6 Å². The Kier molecular flexibility index (Phi) is 3.99. The molecule has 0 saturated carbocycles. The van der Waals surface area contributed by atoms with Gasteiger partial charge in [-0.3, -0.25) is 0 Å². The summed E-state index contributed by atoms with van der Waals surface area (Å²) in [4.78, 5) is 2.38. The van der Waals surface area contributed by atoms with Crippen molar-refractivity contribution in [3.05, 3.63) is 6.20 Å². The average Bonchev–Trinajstić information content (AvgIpc) is 2.85. The second kappa shape index (κ2) is 5.49. The lowest BCUT2D eigenvalue weighted by molar-refractivity contribution is 0.331. The number of aryl methyl sites for hydroxylation is 1. The number of nitrogens with zero attached hydrogens (tertiary/aromatic N) is 4. The van der Waals surface area contributed by atoms with E-state index in [9.17, 15) is 0 Å². The summed E-state index contributed by atoms with van der Waals surface area (Å²) in [7, 11) is 0. The predicted molar refractivity (Wildman–Crippen MR) is 68.9 cm³/mol. The molecule has 17 heavy (non-hydrogen) atoms. The minimum Gasteiger partial charge on any atom is -0.351 e. The van der Waals surface area contributed by atoms with Gasteiger partial charge >= 0.3 is 0 Å². The number of anilines is 1. The lowest BCUT2D eigenvalue weighted by Gasteiger charge is -2.39. The van der Waals surface area contributed by atoms with E-state index >= 15 is 0 Å². The highest BCUT2D eigenvalue weighted by Crippen LogP contribution is 2.28. The Labute approximate surface area is 103 Å². The molecule has 0 aliphatic carbocycles. The van der Waals surface area contributed by atoms with Gasteiger partial charge in [0.15, 0.2) is 0 Å². The van der Waals surface area contributed by atoms with Crippen molar-refractivity contribution in [2.45, 2.75) is 45.7 Å². The van der Waals surface area contributed by atoms with Crippen molar-refractivity contribution in [1.82, 2.24) is 15.0 Å². The predicted octanol–water partition coefficient (Wildman–Crippen LogP) is 1.25. The molecule has 0 radical (unpaired) electrons. The number of nitrogens with two attached hydrogens (primary N) is 1. The van der Waals surface area contributed by atoms with Crippen molar-refractivity contribution >= 4 is 5.82 Å². The molecule has 1 aliphatic heterocycles. The molecule has 96 valence electrons. The van der Waals surface area contributed by atoms with Crippen molar-refractivity contribution in [2.75, 3.05) is 18.0 Å². The zero-order chi connectivity index (χ0) is 12.3. The van der Waals surface area contributed by atoms with Crippen molar-refractivity contribution in [2.24, 2.45) is 11.7 Å². The highest BCUT2D eigenvalue weighted by molar-refractivity contribution is 5.38.